The van der Waals surface area contributed by atoms with Crippen molar-refractivity contribution in [3.8, 4) is 0 Å². The first-order chi connectivity index (χ1) is 37.0. The van der Waals surface area contributed by atoms with Crippen LogP contribution in [0.3, 0.4) is 0 Å². The number of carbonyl (C=O) groups excluding carboxylic acids is 1. The monoisotopic (exact) mass is 1090 g/mol. The highest BCUT2D eigenvalue weighted by Crippen LogP contribution is 2.43. The molecule has 0 aliphatic carbocycles. The molecule has 0 saturated heterocycles. The molecule has 0 aliphatic rings. The van der Waals surface area contributed by atoms with Gasteiger partial charge in [-0.15, -0.1) is 0 Å². The van der Waals surface area contributed by atoms with E-state index < -0.39 is 20.0 Å². The summed E-state index contributed by atoms with van der Waals surface area (Å²) in [6, 6.07) is -0.844. The number of rotatable bonds is 63. The van der Waals surface area contributed by atoms with E-state index in [1.54, 1.807) is 6.08 Å². The number of aliphatic hydroxyl groups is 1. The molecule has 8 nitrogen and oxygen atoms in total. The summed E-state index contributed by atoms with van der Waals surface area (Å²) < 4.78 is 23.8. The van der Waals surface area contributed by atoms with Crippen LogP contribution in [0.25, 0.3) is 0 Å². The summed E-state index contributed by atoms with van der Waals surface area (Å²) in [5.41, 5.74) is 0. The third kappa shape index (κ3) is 60.6. The van der Waals surface area contributed by atoms with Crippen LogP contribution in [0.2, 0.25) is 0 Å². The lowest BCUT2D eigenvalue weighted by Gasteiger charge is -2.25. The Labute approximate surface area is 474 Å². The predicted octanol–water partition coefficient (Wildman–Crippen LogP) is 21.1. The van der Waals surface area contributed by atoms with E-state index in [0.29, 0.717) is 17.4 Å². The molecule has 0 rings (SSSR count). The van der Waals surface area contributed by atoms with Crippen molar-refractivity contribution in [1.82, 2.24) is 5.32 Å². The summed E-state index contributed by atoms with van der Waals surface area (Å²) >= 11 is 0. The van der Waals surface area contributed by atoms with Crippen LogP contribution in [-0.4, -0.2) is 73.4 Å². The molecule has 3 atom stereocenters. The van der Waals surface area contributed by atoms with Crippen LogP contribution in [0.4, 0.5) is 0 Å². The minimum absolute atomic E-state index is 0.0640. The Hall–Kier alpha value is -1.02. The van der Waals surface area contributed by atoms with Crippen LogP contribution in [0, 0.1) is 0 Å². The lowest BCUT2D eigenvalue weighted by Crippen LogP contribution is -2.45. The van der Waals surface area contributed by atoms with Crippen LogP contribution in [0.15, 0.2) is 24.3 Å². The van der Waals surface area contributed by atoms with Crippen LogP contribution in [0.5, 0.6) is 0 Å². The Kier molecular flexibility index (Phi) is 57.8. The Morgan fingerprint density at radius 2 is 0.711 bits per heavy atom. The third-order valence-corrected chi connectivity index (χ3v) is 16.6. The molecule has 452 valence electrons. The van der Waals surface area contributed by atoms with E-state index in [-0.39, 0.29) is 19.1 Å². The van der Waals surface area contributed by atoms with Crippen LogP contribution in [0.1, 0.15) is 348 Å². The molecule has 3 unspecified atom stereocenters. The second-order valence-corrected chi connectivity index (χ2v) is 26.0. The lowest BCUT2D eigenvalue weighted by molar-refractivity contribution is -0.870. The molecule has 0 fully saturated rings. The molecule has 0 aliphatic heterocycles. The van der Waals surface area contributed by atoms with Crippen molar-refractivity contribution in [2.24, 2.45) is 0 Å². The van der Waals surface area contributed by atoms with Crippen molar-refractivity contribution in [3.63, 3.8) is 0 Å². The quantitative estimate of drug-likeness (QED) is 0.0243. The molecule has 3 N–H and O–H groups in total. The molecule has 1 amide bonds. The fourth-order valence-corrected chi connectivity index (χ4v) is 11.1. The number of allylic oxidation sites excluding steroid dienone is 3. The summed E-state index contributed by atoms with van der Waals surface area (Å²) in [5, 5.41) is 14.0. The van der Waals surface area contributed by atoms with E-state index in [0.717, 1.165) is 32.1 Å². The molecular weight excluding hydrogens is 960 g/mol. The number of hydrogen-bond acceptors (Lipinski definition) is 5. The topological polar surface area (TPSA) is 105 Å². The number of likely N-dealkylation sites (N-methyl/N-ethyl adjacent to an activating group) is 1. The maximum Gasteiger partial charge on any atom is 0.472 e. The first-order valence-electron chi connectivity index (χ1n) is 33.7. The standard InChI is InChI=1S/C67H133N2O6P/c1-6-8-10-12-14-16-18-20-22-24-25-26-27-28-29-30-31-32-33-34-35-36-37-38-39-40-41-42-43-45-47-49-51-53-55-57-59-61-67(71)68-65(64-75-76(72,73)74-63-62-69(3,4)5)66(70)60-58-56-54-52-50-48-46-44-23-21-19-17-15-13-11-9-7-2/h32-33,58,60,65-66,70H,6-31,34-57,59,61-64H2,1-5H3,(H-,68,71,72,73)/p+1/b33-32-,60-58+. The zero-order chi connectivity index (χ0) is 55.6. The highest BCUT2D eigenvalue weighted by Gasteiger charge is 2.28. The average Bonchev–Trinajstić information content (AvgIpc) is 3.38. The Morgan fingerprint density at radius 1 is 0.434 bits per heavy atom. The van der Waals surface area contributed by atoms with Crippen molar-refractivity contribution < 1.29 is 32.9 Å². The highest BCUT2D eigenvalue weighted by molar-refractivity contribution is 7.47. The Bertz CT molecular complexity index is 1290. The van der Waals surface area contributed by atoms with Gasteiger partial charge in [-0.25, -0.2) is 4.57 Å². The maximum atomic E-state index is 13.0. The van der Waals surface area contributed by atoms with Gasteiger partial charge in [0.15, 0.2) is 0 Å². The number of unbranched alkanes of at least 4 members (excludes halogenated alkanes) is 48. The zero-order valence-electron chi connectivity index (χ0n) is 51.8. The van der Waals surface area contributed by atoms with Crippen molar-refractivity contribution in [3.05, 3.63) is 24.3 Å². The van der Waals surface area contributed by atoms with Gasteiger partial charge in [-0.2, -0.15) is 0 Å². The molecular formula is C67H134N2O6P+. The summed E-state index contributed by atoms with van der Waals surface area (Å²) in [4.78, 5) is 23.4. The molecule has 0 aromatic carbocycles. The summed E-state index contributed by atoms with van der Waals surface area (Å²) in [6.45, 7) is 4.87. The number of nitrogens with zero attached hydrogens (tertiary/aromatic N) is 1. The lowest BCUT2D eigenvalue weighted by atomic mass is 10.0. The van der Waals surface area contributed by atoms with Crippen molar-refractivity contribution in [1.29, 1.82) is 0 Å². The first kappa shape index (κ1) is 75.0. The fourth-order valence-electron chi connectivity index (χ4n) is 10.4. The molecule has 0 spiro atoms. The van der Waals surface area contributed by atoms with Gasteiger partial charge in [0.05, 0.1) is 39.9 Å². The molecule has 0 bridgehead atoms. The number of hydrogen-bond donors (Lipinski definition) is 3. The van der Waals surface area contributed by atoms with Crippen LogP contribution < -0.4 is 5.32 Å². The average molecular weight is 1090 g/mol. The van der Waals surface area contributed by atoms with E-state index in [2.05, 4.69) is 31.3 Å². The van der Waals surface area contributed by atoms with Crippen molar-refractivity contribution >= 4 is 13.7 Å². The molecule has 76 heavy (non-hydrogen) atoms. The van der Waals surface area contributed by atoms with Gasteiger partial charge in [0, 0.05) is 6.42 Å². The van der Waals surface area contributed by atoms with Gasteiger partial charge < -0.3 is 19.8 Å². The minimum Gasteiger partial charge on any atom is -0.387 e. The maximum absolute atomic E-state index is 13.0. The second kappa shape index (κ2) is 58.6. The van der Waals surface area contributed by atoms with Crippen molar-refractivity contribution in [2.75, 3.05) is 40.9 Å². The number of nitrogens with one attached hydrogen (secondary N) is 1. The number of amides is 1. The van der Waals surface area contributed by atoms with Gasteiger partial charge >= 0.3 is 7.82 Å². The molecule has 0 heterocycles. The van der Waals surface area contributed by atoms with Gasteiger partial charge in [0.25, 0.3) is 0 Å². The Balaban J connectivity index is 3.94. The van der Waals surface area contributed by atoms with Gasteiger partial charge in [-0.3, -0.25) is 13.8 Å². The van der Waals surface area contributed by atoms with E-state index in [4.69, 9.17) is 9.05 Å². The van der Waals surface area contributed by atoms with E-state index >= 15 is 0 Å². The largest absolute Gasteiger partial charge is 0.472 e. The number of aliphatic hydroxyl groups excluding tert-OH is 1. The summed E-state index contributed by atoms with van der Waals surface area (Å²) in [7, 11) is 1.59. The minimum atomic E-state index is -4.35. The zero-order valence-corrected chi connectivity index (χ0v) is 52.7. The van der Waals surface area contributed by atoms with Crippen LogP contribution >= 0.6 is 7.82 Å². The number of phosphoric ester groups is 1. The summed E-state index contributed by atoms with van der Waals surface area (Å²) in [6.07, 6.45) is 76.1. The van der Waals surface area contributed by atoms with E-state index in [1.807, 2.05) is 27.2 Å². The smallest absolute Gasteiger partial charge is 0.387 e. The third-order valence-electron chi connectivity index (χ3n) is 15.7. The summed E-state index contributed by atoms with van der Waals surface area (Å²) in [5.74, 6) is -0.170. The highest BCUT2D eigenvalue weighted by atomic mass is 31.2. The molecule has 0 aromatic rings. The SMILES string of the molecule is CCCCCCCCCCCCCCCCC/C=C/C(O)C(COP(=O)(O)OCC[N+](C)(C)C)NC(=O)CCCCCCCCCCCCCCCCCCC/C=C\CCCCCCCCCCCCCCCCCC. The molecule has 0 saturated carbocycles. The van der Waals surface area contributed by atoms with Crippen LogP contribution in [-0.2, 0) is 18.4 Å². The number of quaternary nitrogens is 1. The number of phosphoric acid groups is 1. The van der Waals surface area contributed by atoms with Gasteiger partial charge in [-0.05, 0) is 44.9 Å². The predicted molar refractivity (Wildman–Crippen MR) is 332 cm³/mol. The second-order valence-electron chi connectivity index (χ2n) is 24.6. The van der Waals surface area contributed by atoms with E-state index in [9.17, 15) is 19.4 Å². The first-order valence-corrected chi connectivity index (χ1v) is 35.2. The fraction of sp³-hybridized carbons (Fsp3) is 0.925. The molecule has 0 radical (unpaired) electrons. The molecule has 9 heteroatoms. The normalized spacial score (nSPS) is 13.8. The molecule has 0 aromatic heterocycles. The van der Waals surface area contributed by atoms with Gasteiger partial charge in [0.1, 0.15) is 13.2 Å². The van der Waals surface area contributed by atoms with Crippen molar-refractivity contribution in [2.45, 2.75) is 360 Å². The van der Waals surface area contributed by atoms with Gasteiger partial charge in [-0.1, -0.05) is 321 Å². The van der Waals surface area contributed by atoms with E-state index in [1.165, 1.54) is 295 Å². The number of carbonyl (C=O) groups is 1. The Morgan fingerprint density at radius 3 is 1.01 bits per heavy atom. The van der Waals surface area contributed by atoms with Gasteiger partial charge in [0.2, 0.25) is 5.91 Å².